The van der Waals surface area contributed by atoms with Crippen LogP contribution in [0.4, 0.5) is 0 Å². The first-order valence-corrected chi connectivity index (χ1v) is 8.19. The van der Waals surface area contributed by atoms with E-state index < -0.39 is 0 Å². The zero-order valence-corrected chi connectivity index (χ0v) is 14.8. The highest BCUT2D eigenvalue weighted by Crippen LogP contribution is 2.23. The number of aryl methyl sites for hydroxylation is 2. The second-order valence-electron chi connectivity index (χ2n) is 6.22. The molecule has 1 aromatic carbocycles. The van der Waals surface area contributed by atoms with E-state index in [1.807, 2.05) is 25.1 Å². The average molecular weight is 339 g/mol. The van der Waals surface area contributed by atoms with Gasteiger partial charge < -0.3 is 9.84 Å². The van der Waals surface area contributed by atoms with Gasteiger partial charge in [-0.15, -0.1) is 5.10 Å². The van der Waals surface area contributed by atoms with Crippen molar-refractivity contribution in [2.45, 2.75) is 40.2 Å². The maximum absolute atomic E-state index is 12.3. The molecule has 0 atom stereocenters. The Bertz CT molecular complexity index is 895. The van der Waals surface area contributed by atoms with Gasteiger partial charge in [-0.25, -0.2) is 9.67 Å². The van der Waals surface area contributed by atoms with E-state index in [2.05, 4.69) is 40.5 Å². The van der Waals surface area contributed by atoms with E-state index >= 15 is 0 Å². The number of para-hydroxylation sites is 1. The van der Waals surface area contributed by atoms with E-state index in [0.717, 1.165) is 11.3 Å². The predicted molar refractivity (Wildman–Crippen MR) is 92.6 cm³/mol. The summed E-state index contributed by atoms with van der Waals surface area (Å²) in [4.78, 5) is 16.6. The lowest BCUT2D eigenvalue weighted by Gasteiger charge is -2.12. The molecule has 7 heteroatoms. The van der Waals surface area contributed by atoms with E-state index in [9.17, 15) is 4.79 Å². The molecule has 0 radical (unpaired) electrons. The molecule has 0 bridgehead atoms. The van der Waals surface area contributed by atoms with E-state index in [1.165, 1.54) is 0 Å². The highest BCUT2D eigenvalue weighted by molar-refractivity contribution is 5.90. The molecule has 25 heavy (non-hydrogen) atoms. The van der Waals surface area contributed by atoms with Gasteiger partial charge in [0.15, 0.2) is 0 Å². The van der Waals surface area contributed by atoms with Crippen LogP contribution in [0.1, 0.15) is 53.2 Å². The van der Waals surface area contributed by atoms with Crippen molar-refractivity contribution in [1.82, 2.24) is 25.2 Å². The van der Waals surface area contributed by atoms with Crippen molar-refractivity contribution >= 4 is 5.91 Å². The molecule has 0 saturated heterocycles. The Morgan fingerprint density at radius 2 is 2.04 bits per heavy atom. The first-order chi connectivity index (χ1) is 12.0. The third kappa shape index (κ3) is 3.60. The van der Waals surface area contributed by atoms with Crippen LogP contribution in [0.5, 0.6) is 0 Å². The van der Waals surface area contributed by atoms with E-state index in [4.69, 9.17) is 4.52 Å². The lowest BCUT2D eigenvalue weighted by atomic mass is 10.0. The molecule has 3 rings (SSSR count). The molecule has 0 fully saturated rings. The van der Waals surface area contributed by atoms with E-state index in [1.54, 1.807) is 17.7 Å². The highest BCUT2D eigenvalue weighted by atomic mass is 16.5. The maximum Gasteiger partial charge on any atom is 0.291 e. The fourth-order valence-electron chi connectivity index (χ4n) is 2.63. The molecule has 7 nitrogen and oxygen atoms in total. The number of carbonyl (C=O) groups excluding carboxylic acids is 1. The topological polar surface area (TPSA) is 85.8 Å². The number of nitrogens with one attached hydrogen (secondary N) is 1. The number of carbonyl (C=O) groups is 1. The number of nitrogens with zero attached hydrogens (tertiary/aromatic N) is 4. The molecule has 2 heterocycles. The van der Waals surface area contributed by atoms with E-state index in [0.29, 0.717) is 23.2 Å². The molecule has 0 spiro atoms. The van der Waals surface area contributed by atoms with Gasteiger partial charge in [0.25, 0.3) is 5.91 Å². The number of benzene rings is 1. The van der Waals surface area contributed by atoms with Crippen molar-refractivity contribution < 1.29 is 9.32 Å². The van der Waals surface area contributed by atoms with Crippen LogP contribution in [0.25, 0.3) is 5.69 Å². The quantitative estimate of drug-likeness (QED) is 0.772. The largest absolute Gasteiger partial charge is 0.361 e. The van der Waals surface area contributed by atoms with Crippen LogP contribution in [0.15, 0.2) is 34.9 Å². The van der Waals surface area contributed by atoms with Gasteiger partial charge in [-0.3, -0.25) is 4.79 Å². The Hall–Kier alpha value is -2.96. The molecule has 0 aliphatic carbocycles. The minimum absolute atomic E-state index is 0.135. The molecule has 0 saturated carbocycles. The Balaban J connectivity index is 1.81. The van der Waals surface area contributed by atoms with Gasteiger partial charge in [0.05, 0.1) is 12.2 Å². The van der Waals surface area contributed by atoms with Crippen LogP contribution in [0.3, 0.4) is 0 Å². The summed E-state index contributed by atoms with van der Waals surface area (Å²) in [6.07, 6.45) is 0. The Morgan fingerprint density at radius 1 is 1.28 bits per heavy atom. The summed E-state index contributed by atoms with van der Waals surface area (Å²) in [5.41, 5.74) is 2.75. The molecule has 2 aromatic heterocycles. The number of hydrogen-bond donors (Lipinski definition) is 1. The van der Waals surface area contributed by atoms with Crippen molar-refractivity contribution in [1.29, 1.82) is 0 Å². The van der Waals surface area contributed by atoms with Crippen LogP contribution in [0.2, 0.25) is 0 Å². The van der Waals surface area contributed by atoms with Gasteiger partial charge in [-0.05, 0) is 31.4 Å². The molecule has 3 aromatic rings. The zero-order valence-electron chi connectivity index (χ0n) is 14.8. The summed E-state index contributed by atoms with van der Waals surface area (Å²) in [5.74, 6) is 1.50. The lowest BCUT2D eigenvalue weighted by Crippen LogP contribution is -2.24. The van der Waals surface area contributed by atoms with Crippen LogP contribution in [-0.2, 0) is 6.54 Å². The van der Waals surface area contributed by atoms with Gasteiger partial charge in [-0.1, -0.05) is 37.2 Å². The minimum atomic E-state index is -0.343. The van der Waals surface area contributed by atoms with Crippen LogP contribution in [-0.4, -0.2) is 25.8 Å². The van der Waals surface area contributed by atoms with Gasteiger partial charge in [-0.2, -0.15) is 0 Å². The van der Waals surface area contributed by atoms with Crippen LogP contribution >= 0.6 is 0 Å². The summed E-state index contributed by atoms with van der Waals surface area (Å²) >= 11 is 0. The monoisotopic (exact) mass is 339 g/mol. The molecule has 0 aliphatic rings. The summed E-state index contributed by atoms with van der Waals surface area (Å²) in [7, 11) is 0. The summed E-state index contributed by atoms with van der Waals surface area (Å²) in [6.45, 7) is 8.16. The van der Waals surface area contributed by atoms with Crippen molar-refractivity contribution in [2.75, 3.05) is 0 Å². The SMILES string of the molecule is Cc1cc(CNC(=O)c2nc(C)n(-c3ccccc3C(C)C)n2)no1. The van der Waals surface area contributed by atoms with Crippen molar-refractivity contribution in [3.8, 4) is 5.69 Å². The van der Waals surface area contributed by atoms with Gasteiger partial charge >= 0.3 is 0 Å². The summed E-state index contributed by atoms with van der Waals surface area (Å²) in [5, 5.41) is 11.0. The zero-order chi connectivity index (χ0) is 18.0. The normalized spacial score (nSPS) is 11.1. The van der Waals surface area contributed by atoms with Gasteiger partial charge in [0.2, 0.25) is 5.82 Å². The fraction of sp³-hybridized carbons (Fsp3) is 0.333. The molecule has 0 unspecified atom stereocenters. The second kappa shape index (κ2) is 6.88. The van der Waals surface area contributed by atoms with Gasteiger partial charge in [0, 0.05) is 6.07 Å². The molecule has 1 amide bonds. The Kier molecular flexibility index (Phi) is 4.65. The summed E-state index contributed by atoms with van der Waals surface area (Å²) in [6, 6.07) is 9.77. The molecular weight excluding hydrogens is 318 g/mol. The first kappa shape index (κ1) is 16.9. The first-order valence-electron chi connectivity index (χ1n) is 8.19. The molecule has 130 valence electrons. The molecule has 1 N–H and O–H groups in total. The van der Waals surface area contributed by atoms with Crippen molar-refractivity contribution in [2.24, 2.45) is 0 Å². The number of rotatable bonds is 5. The Morgan fingerprint density at radius 3 is 2.72 bits per heavy atom. The summed E-state index contributed by atoms with van der Waals surface area (Å²) < 4.78 is 6.70. The Labute approximate surface area is 146 Å². The third-order valence-corrected chi connectivity index (χ3v) is 3.87. The third-order valence-electron chi connectivity index (χ3n) is 3.87. The number of amides is 1. The van der Waals surface area contributed by atoms with Crippen LogP contribution in [0, 0.1) is 13.8 Å². The van der Waals surface area contributed by atoms with Gasteiger partial charge in [0.1, 0.15) is 17.3 Å². The smallest absolute Gasteiger partial charge is 0.291 e. The number of aromatic nitrogens is 4. The predicted octanol–water partition coefficient (Wildman–Crippen LogP) is 2.93. The maximum atomic E-state index is 12.3. The highest BCUT2D eigenvalue weighted by Gasteiger charge is 2.17. The van der Waals surface area contributed by atoms with Crippen LogP contribution < -0.4 is 5.32 Å². The second-order valence-corrected chi connectivity index (χ2v) is 6.22. The molecular formula is C18H21N5O2. The standard InChI is InChI=1S/C18H21N5O2/c1-11(2)15-7-5-6-8-16(15)23-13(4)20-17(21-23)18(24)19-10-14-9-12(3)25-22-14/h5-9,11H,10H2,1-4H3,(H,19,24). The average Bonchev–Trinajstić information content (AvgIpc) is 3.18. The molecule has 0 aliphatic heterocycles. The van der Waals surface area contributed by atoms with Crippen molar-refractivity contribution in [3.05, 3.63) is 59.0 Å². The number of hydrogen-bond acceptors (Lipinski definition) is 5. The minimum Gasteiger partial charge on any atom is -0.361 e. The fourth-order valence-corrected chi connectivity index (χ4v) is 2.63. The lowest BCUT2D eigenvalue weighted by molar-refractivity contribution is 0.0939. The van der Waals surface area contributed by atoms with Crippen molar-refractivity contribution in [3.63, 3.8) is 0 Å². The van der Waals surface area contributed by atoms with E-state index in [-0.39, 0.29) is 18.3 Å².